The Bertz CT molecular complexity index is 609. The summed E-state index contributed by atoms with van der Waals surface area (Å²) in [6.07, 6.45) is 9.56. The Morgan fingerprint density at radius 2 is 1.96 bits per heavy atom. The molecule has 0 radical (unpaired) electrons. The summed E-state index contributed by atoms with van der Waals surface area (Å²) in [4.78, 5) is 11.7. The number of nitrogens with one attached hydrogen (secondary N) is 1. The molecular weight excluding hydrogens is 369 g/mol. The molecule has 2 aromatic rings. The van der Waals surface area contributed by atoms with E-state index in [2.05, 4.69) is 56.9 Å². The average Bonchev–Trinajstić information content (AvgIpc) is 2.88. The SMILES string of the molecule is CC(C)n1ccnc1CN(Cc1ccccn1)C1CCCNCC1.Cl.Cl. The third-order valence-corrected chi connectivity index (χ3v) is 4.80. The van der Waals surface area contributed by atoms with Crippen molar-refractivity contribution in [1.82, 2.24) is 24.8 Å². The van der Waals surface area contributed by atoms with Crippen LogP contribution in [0.2, 0.25) is 0 Å². The maximum Gasteiger partial charge on any atom is 0.123 e. The molecule has 3 heterocycles. The van der Waals surface area contributed by atoms with Crippen molar-refractivity contribution in [3.63, 3.8) is 0 Å². The van der Waals surface area contributed by atoms with E-state index in [4.69, 9.17) is 0 Å². The maximum atomic E-state index is 4.62. The van der Waals surface area contributed by atoms with E-state index < -0.39 is 0 Å². The van der Waals surface area contributed by atoms with Gasteiger partial charge in [-0.2, -0.15) is 0 Å². The number of hydrogen-bond acceptors (Lipinski definition) is 4. The first kappa shape index (κ1) is 22.9. The van der Waals surface area contributed by atoms with Crippen molar-refractivity contribution in [2.75, 3.05) is 13.1 Å². The van der Waals surface area contributed by atoms with Gasteiger partial charge in [-0.25, -0.2) is 4.98 Å². The van der Waals surface area contributed by atoms with Crippen LogP contribution in [0.5, 0.6) is 0 Å². The first-order valence-electron chi connectivity index (χ1n) is 9.10. The van der Waals surface area contributed by atoms with Crippen LogP contribution in [0.15, 0.2) is 36.8 Å². The number of nitrogens with zero attached hydrogens (tertiary/aromatic N) is 4. The van der Waals surface area contributed by atoms with Crippen molar-refractivity contribution < 1.29 is 0 Å². The van der Waals surface area contributed by atoms with Crippen LogP contribution in [0.3, 0.4) is 0 Å². The number of imidazole rings is 1. The second kappa shape index (κ2) is 11.5. The second-order valence-corrected chi connectivity index (χ2v) is 6.91. The summed E-state index contributed by atoms with van der Waals surface area (Å²) in [6, 6.07) is 7.20. The number of hydrogen-bond donors (Lipinski definition) is 1. The van der Waals surface area contributed by atoms with Crippen LogP contribution >= 0.6 is 24.8 Å². The van der Waals surface area contributed by atoms with Crippen LogP contribution in [0, 0.1) is 0 Å². The van der Waals surface area contributed by atoms with Crippen molar-refractivity contribution in [2.45, 2.75) is 58.3 Å². The van der Waals surface area contributed by atoms with Gasteiger partial charge in [0, 0.05) is 37.2 Å². The van der Waals surface area contributed by atoms with Crippen molar-refractivity contribution in [1.29, 1.82) is 0 Å². The minimum absolute atomic E-state index is 0. The lowest BCUT2D eigenvalue weighted by atomic mass is 10.1. The highest BCUT2D eigenvalue weighted by molar-refractivity contribution is 5.85. The molecule has 1 N–H and O–H groups in total. The summed E-state index contributed by atoms with van der Waals surface area (Å²) in [5.41, 5.74) is 1.14. The summed E-state index contributed by atoms with van der Waals surface area (Å²) in [6.45, 7) is 8.42. The van der Waals surface area contributed by atoms with Gasteiger partial charge in [0.2, 0.25) is 0 Å². The minimum Gasteiger partial charge on any atom is -0.331 e. The fourth-order valence-corrected chi connectivity index (χ4v) is 3.50. The van der Waals surface area contributed by atoms with Gasteiger partial charge in [-0.3, -0.25) is 9.88 Å². The summed E-state index contributed by atoms with van der Waals surface area (Å²) < 4.78 is 2.28. The topological polar surface area (TPSA) is 46.0 Å². The first-order chi connectivity index (χ1) is 11.7. The molecule has 0 saturated carbocycles. The molecule has 1 aliphatic rings. The van der Waals surface area contributed by atoms with E-state index in [1.807, 2.05) is 18.5 Å². The molecule has 0 aliphatic carbocycles. The molecule has 7 heteroatoms. The van der Waals surface area contributed by atoms with Gasteiger partial charge in [0.15, 0.2) is 0 Å². The molecule has 1 unspecified atom stereocenters. The summed E-state index contributed by atoms with van der Waals surface area (Å²) in [5, 5.41) is 3.52. The number of pyridine rings is 1. The normalized spacial score (nSPS) is 17.5. The molecule has 1 fully saturated rings. The van der Waals surface area contributed by atoms with Crippen LogP contribution in [0.4, 0.5) is 0 Å². The Labute approximate surface area is 169 Å². The van der Waals surface area contributed by atoms with Gasteiger partial charge in [0.1, 0.15) is 5.82 Å². The fourth-order valence-electron chi connectivity index (χ4n) is 3.50. The molecule has 3 rings (SSSR count). The van der Waals surface area contributed by atoms with Crippen LogP contribution < -0.4 is 5.32 Å². The zero-order valence-corrected chi connectivity index (χ0v) is 17.3. The van der Waals surface area contributed by atoms with Crippen LogP contribution in [0.25, 0.3) is 0 Å². The Kier molecular flexibility index (Phi) is 10.2. The monoisotopic (exact) mass is 399 g/mol. The fraction of sp³-hybridized carbons (Fsp3) is 0.579. The largest absolute Gasteiger partial charge is 0.331 e. The smallest absolute Gasteiger partial charge is 0.123 e. The molecule has 1 atom stereocenters. The molecule has 0 aromatic carbocycles. The highest BCUT2D eigenvalue weighted by Gasteiger charge is 2.22. The van der Waals surface area contributed by atoms with Crippen molar-refractivity contribution >= 4 is 24.8 Å². The van der Waals surface area contributed by atoms with E-state index in [-0.39, 0.29) is 24.8 Å². The van der Waals surface area contributed by atoms with Gasteiger partial charge >= 0.3 is 0 Å². The predicted molar refractivity (Wildman–Crippen MR) is 111 cm³/mol. The molecule has 0 amide bonds. The summed E-state index contributed by atoms with van der Waals surface area (Å²) in [5.74, 6) is 1.15. The average molecular weight is 400 g/mol. The Morgan fingerprint density at radius 3 is 2.69 bits per heavy atom. The van der Waals surface area contributed by atoms with E-state index in [0.717, 1.165) is 37.7 Å². The van der Waals surface area contributed by atoms with E-state index >= 15 is 0 Å². The Hall–Kier alpha value is -1.14. The van der Waals surface area contributed by atoms with E-state index in [1.165, 1.54) is 19.3 Å². The Morgan fingerprint density at radius 1 is 1.12 bits per heavy atom. The molecule has 146 valence electrons. The third kappa shape index (κ3) is 6.23. The second-order valence-electron chi connectivity index (χ2n) is 6.91. The van der Waals surface area contributed by atoms with Gasteiger partial charge in [-0.1, -0.05) is 6.07 Å². The standard InChI is InChI=1S/C19H29N5.2ClH/c1-16(2)24-13-12-22-19(24)15-23(14-17-6-3-4-10-21-17)18-7-5-9-20-11-8-18;;/h3-4,6,10,12-13,16,18,20H,5,7-9,11,14-15H2,1-2H3;2*1H. The van der Waals surface area contributed by atoms with Crippen molar-refractivity contribution in [3.05, 3.63) is 48.3 Å². The van der Waals surface area contributed by atoms with Crippen LogP contribution in [0.1, 0.15) is 50.7 Å². The summed E-state index contributed by atoms with van der Waals surface area (Å²) >= 11 is 0. The van der Waals surface area contributed by atoms with Crippen LogP contribution in [-0.4, -0.2) is 38.6 Å². The van der Waals surface area contributed by atoms with Gasteiger partial charge in [-0.05, 0) is 58.3 Å². The minimum atomic E-state index is 0. The lowest BCUT2D eigenvalue weighted by Gasteiger charge is -2.31. The highest BCUT2D eigenvalue weighted by atomic mass is 35.5. The van der Waals surface area contributed by atoms with Crippen molar-refractivity contribution in [3.8, 4) is 0 Å². The predicted octanol–water partition coefficient (Wildman–Crippen LogP) is 3.85. The lowest BCUT2D eigenvalue weighted by Crippen LogP contribution is -2.36. The van der Waals surface area contributed by atoms with Gasteiger partial charge in [0.05, 0.1) is 12.2 Å². The third-order valence-electron chi connectivity index (χ3n) is 4.80. The molecule has 2 aromatic heterocycles. The number of rotatable bonds is 6. The molecule has 5 nitrogen and oxygen atoms in total. The lowest BCUT2D eigenvalue weighted by molar-refractivity contribution is 0.155. The zero-order valence-electron chi connectivity index (χ0n) is 15.7. The van der Waals surface area contributed by atoms with Crippen LogP contribution in [-0.2, 0) is 13.1 Å². The molecule has 0 spiro atoms. The molecule has 26 heavy (non-hydrogen) atoms. The van der Waals surface area contributed by atoms with E-state index in [1.54, 1.807) is 0 Å². The van der Waals surface area contributed by atoms with Gasteiger partial charge < -0.3 is 9.88 Å². The molecule has 1 saturated heterocycles. The summed E-state index contributed by atoms with van der Waals surface area (Å²) in [7, 11) is 0. The number of aromatic nitrogens is 3. The van der Waals surface area contributed by atoms with Gasteiger partial charge in [0.25, 0.3) is 0 Å². The van der Waals surface area contributed by atoms with Gasteiger partial charge in [-0.15, -0.1) is 24.8 Å². The highest BCUT2D eigenvalue weighted by Crippen LogP contribution is 2.20. The van der Waals surface area contributed by atoms with E-state index in [0.29, 0.717) is 12.1 Å². The molecular formula is C19H31Cl2N5. The quantitative estimate of drug-likeness (QED) is 0.800. The van der Waals surface area contributed by atoms with Crippen molar-refractivity contribution in [2.24, 2.45) is 0 Å². The van der Waals surface area contributed by atoms with E-state index in [9.17, 15) is 0 Å². The maximum absolute atomic E-state index is 4.62. The first-order valence-corrected chi connectivity index (χ1v) is 9.10. The zero-order chi connectivity index (χ0) is 16.8. The number of halogens is 2. The molecule has 0 bridgehead atoms. The molecule has 1 aliphatic heterocycles. The Balaban J connectivity index is 0.00000169.